The van der Waals surface area contributed by atoms with Crippen LogP contribution in [0, 0.1) is 0 Å². The molecule has 1 heterocycles. The Hall–Kier alpha value is -4.01. The van der Waals surface area contributed by atoms with E-state index in [2.05, 4.69) is 10.6 Å². The average Bonchev–Trinajstić information content (AvgIpc) is 2.90. The number of rotatable bonds is 8. The lowest BCUT2D eigenvalue weighted by Crippen LogP contribution is -2.37. The lowest BCUT2D eigenvalue weighted by Gasteiger charge is -2.22. The fourth-order valence-corrected chi connectivity index (χ4v) is 3.24. The number of ether oxygens (including phenoxy) is 3. The number of para-hydroxylation sites is 2. The number of amides is 2. The van der Waals surface area contributed by atoms with E-state index in [1.54, 1.807) is 49.4 Å². The molecule has 0 spiro atoms. The first-order valence-corrected chi connectivity index (χ1v) is 10.0. The predicted octanol–water partition coefficient (Wildman–Crippen LogP) is 2.94. The summed E-state index contributed by atoms with van der Waals surface area (Å²) in [5.74, 6) is -0.308. The van der Waals surface area contributed by atoms with Crippen LogP contribution in [0.2, 0.25) is 0 Å². The molecule has 168 valence electrons. The largest absolute Gasteiger partial charge is 0.497 e. The van der Waals surface area contributed by atoms with Gasteiger partial charge in [0.1, 0.15) is 18.0 Å². The number of nitrogens with one attached hydrogen (secondary N) is 2. The maximum atomic E-state index is 13.0. The van der Waals surface area contributed by atoms with Gasteiger partial charge in [-0.3, -0.25) is 19.3 Å². The Morgan fingerprint density at radius 1 is 1.09 bits per heavy atom. The number of hydrogen-bond donors (Lipinski definition) is 2. The summed E-state index contributed by atoms with van der Waals surface area (Å²) in [7, 11) is 3.01. The summed E-state index contributed by atoms with van der Waals surface area (Å²) < 4.78 is 15.5. The Morgan fingerprint density at radius 3 is 2.59 bits per heavy atom. The van der Waals surface area contributed by atoms with Crippen LogP contribution >= 0.6 is 0 Å². The van der Waals surface area contributed by atoms with Crippen molar-refractivity contribution in [2.75, 3.05) is 42.9 Å². The van der Waals surface area contributed by atoms with E-state index in [0.29, 0.717) is 34.3 Å². The van der Waals surface area contributed by atoms with Gasteiger partial charge >= 0.3 is 5.97 Å². The van der Waals surface area contributed by atoms with E-state index in [0.717, 1.165) is 0 Å². The molecule has 9 nitrogen and oxygen atoms in total. The number of carbonyl (C=O) groups is 3. The van der Waals surface area contributed by atoms with E-state index < -0.39 is 17.8 Å². The summed E-state index contributed by atoms with van der Waals surface area (Å²) in [5, 5.41) is 5.86. The van der Waals surface area contributed by atoms with Gasteiger partial charge in [0.25, 0.3) is 5.91 Å². The van der Waals surface area contributed by atoms with Crippen LogP contribution in [0.5, 0.6) is 11.5 Å². The van der Waals surface area contributed by atoms with Crippen LogP contribution in [-0.4, -0.2) is 45.2 Å². The number of anilines is 3. The molecule has 2 aromatic carbocycles. The molecule has 0 fully saturated rings. The third-order valence-corrected chi connectivity index (χ3v) is 4.68. The first-order chi connectivity index (χ1) is 15.4. The van der Waals surface area contributed by atoms with Gasteiger partial charge in [0.15, 0.2) is 0 Å². The summed E-state index contributed by atoms with van der Waals surface area (Å²) in [6, 6.07) is 12.1. The Morgan fingerprint density at radius 2 is 1.88 bits per heavy atom. The molecule has 0 aromatic heterocycles. The molecule has 0 unspecified atom stereocenters. The summed E-state index contributed by atoms with van der Waals surface area (Å²) >= 11 is 0. The third kappa shape index (κ3) is 5.37. The summed E-state index contributed by atoms with van der Waals surface area (Å²) in [5.41, 5.74) is 1.92. The highest BCUT2D eigenvalue weighted by Gasteiger charge is 2.25. The molecular formula is C23H25N3O6. The molecule has 0 aliphatic carbocycles. The SMILES string of the molecule is CCOC(=O)CC1=CC(=O)N(CC(=O)Nc2cc(OC)ccc2OC)c2ccccc2N1. The van der Waals surface area contributed by atoms with Crippen LogP contribution < -0.4 is 25.0 Å². The van der Waals surface area contributed by atoms with Crippen molar-refractivity contribution in [2.24, 2.45) is 0 Å². The number of hydrogen-bond acceptors (Lipinski definition) is 7. The molecule has 0 saturated heterocycles. The van der Waals surface area contributed by atoms with Gasteiger partial charge in [0.2, 0.25) is 5.91 Å². The quantitative estimate of drug-likeness (QED) is 0.609. The molecule has 0 saturated carbocycles. The van der Waals surface area contributed by atoms with E-state index in [4.69, 9.17) is 14.2 Å². The molecule has 0 bridgehead atoms. The molecule has 3 rings (SSSR count). The van der Waals surface area contributed by atoms with Gasteiger partial charge in [0.05, 0.1) is 44.3 Å². The van der Waals surface area contributed by atoms with Crippen molar-refractivity contribution in [3.8, 4) is 11.5 Å². The molecule has 2 aromatic rings. The van der Waals surface area contributed by atoms with E-state index in [9.17, 15) is 14.4 Å². The molecule has 9 heteroatoms. The smallest absolute Gasteiger partial charge is 0.311 e. The second-order valence-corrected chi connectivity index (χ2v) is 6.83. The molecular weight excluding hydrogens is 414 g/mol. The minimum absolute atomic E-state index is 0.0883. The summed E-state index contributed by atoms with van der Waals surface area (Å²) in [4.78, 5) is 39.1. The Bertz CT molecular complexity index is 1050. The van der Waals surface area contributed by atoms with Gasteiger partial charge in [-0.25, -0.2) is 0 Å². The zero-order valence-corrected chi connectivity index (χ0v) is 18.1. The van der Waals surface area contributed by atoms with Gasteiger partial charge in [-0.15, -0.1) is 0 Å². The molecule has 1 aliphatic rings. The van der Waals surface area contributed by atoms with Crippen LogP contribution in [0.4, 0.5) is 17.1 Å². The first-order valence-electron chi connectivity index (χ1n) is 10.0. The van der Waals surface area contributed by atoms with E-state index in [-0.39, 0.29) is 19.6 Å². The first kappa shape index (κ1) is 22.7. The van der Waals surface area contributed by atoms with Crippen molar-refractivity contribution < 1.29 is 28.6 Å². The lowest BCUT2D eigenvalue weighted by molar-refractivity contribution is -0.142. The molecule has 1 aliphatic heterocycles. The number of carbonyl (C=O) groups excluding carboxylic acids is 3. The number of methoxy groups -OCH3 is 2. The van der Waals surface area contributed by atoms with Crippen molar-refractivity contribution in [1.29, 1.82) is 0 Å². The van der Waals surface area contributed by atoms with Crippen molar-refractivity contribution in [1.82, 2.24) is 0 Å². The number of esters is 1. The van der Waals surface area contributed by atoms with Crippen LogP contribution in [0.1, 0.15) is 13.3 Å². The molecule has 0 atom stereocenters. The zero-order chi connectivity index (χ0) is 23.1. The Balaban J connectivity index is 1.84. The molecule has 2 N–H and O–H groups in total. The summed E-state index contributed by atoms with van der Waals surface area (Å²) in [6.07, 6.45) is 1.21. The van der Waals surface area contributed by atoms with E-state index >= 15 is 0 Å². The van der Waals surface area contributed by atoms with Crippen molar-refractivity contribution >= 4 is 34.8 Å². The molecule has 0 radical (unpaired) electrons. The van der Waals surface area contributed by atoms with E-state index in [1.165, 1.54) is 25.2 Å². The average molecular weight is 439 g/mol. The minimum atomic E-state index is -0.451. The van der Waals surface area contributed by atoms with Gasteiger partial charge in [-0.2, -0.15) is 0 Å². The van der Waals surface area contributed by atoms with Crippen molar-refractivity contribution in [2.45, 2.75) is 13.3 Å². The van der Waals surface area contributed by atoms with Gasteiger partial charge in [-0.05, 0) is 31.2 Å². The number of fused-ring (bicyclic) bond motifs is 1. The van der Waals surface area contributed by atoms with Crippen LogP contribution in [0.15, 0.2) is 54.2 Å². The minimum Gasteiger partial charge on any atom is -0.497 e. The topological polar surface area (TPSA) is 106 Å². The zero-order valence-electron chi connectivity index (χ0n) is 18.1. The van der Waals surface area contributed by atoms with Crippen LogP contribution in [0.25, 0.3) is 0 Å². The fourth-order valence-electron chi connectivity index (χ4n) is 3.24. The lowest BCUT2D eigenvalue weighted by atomic mass is 10.2. The Kier molecular flexibility index (Phi) is 7.33. The second kappa shape index (κ2) is 10.3. The maximum absolute atomic E-state index is 13.0. The van der Waals surface area contributed by atoms with Gasteiger partial charge in [-0.1, -0.05) is 12.1 Å². The number of nitrogens with zero attached hydrogens (tertiary/aromatic N) is 1. The standard InChI is InChI=1S/C23H25N3O6/c1-4-32-23(29)12-15-11-22(28)26(19-8-6-5-7-17(19)24-15)14-21(27)25-18-13-16(30-2)9-10-20(18)31-3/h5-11,13,24H,4,12,14H2,1-3H3,(H,25,27). The third-order valence-electron chi connectivity index (χ3n) is 4.68. The van der Waals surface area contributed by atoms with Crippen LogP contribution in [0.3, 0.4) is 0 Å². The second-order valence-electron chi connectivity index (χ2n) is 6.83. The van der Waals surface area contributed by atoms with E-state index in [1.807, 2.05) is 0 Å². The normalized spacial score (nSPS) is 12.7. The highest BCUT2D eigenvalue weighted by molar-refractivity contribution is 6.10. The Labute approximate surface area is 185 Å². The number of benzene rings is 2. The predicted molar refractivity (Wildman–Crippen MR) is 120 cm³/mol. The van der Waals surface area contributed by atoms with Crippen molar-refractivity contribution in [3.63, 3.8) is 0 Å². The maximum Gasteiger partial charge on any atom is 0.311 e. The summed E-state index contributed by atoms with van der Waals surface area (Å²) in [6.45, 7) is 1.71. The van der Waals surface area contributed by atoms with Gasteiger partial charge < -0.3 is 24.8 Å². The van der Waals surface area contributed by atoms with Crippen LogP contribution in [-0.2, 0) is 19.1 Å². The van der Waals surface area contributed by atoms with Gasteiger partial charge in [0, 0.05) is 17.8 Å². The molecule has 32 heavy (non-hydrogen) atoms. The van der Waals surface area contributed by atoms with Crippen molar-refractivity contribution in [3.05, 3.63) is 54.2 Å². The molecule has 2 amide bonds. The monoisotopic (exact) mass is 439 g/mol. The highest BCUT2D eigenvalue weighted by Crippen LogP contribution is 2.32. The highest BCUT2D eigenvalue weighted by atomic mass is 16.5. The fraction of sp³-hybridized carbons (Fsp3) is 0.261.